The molecule has 0 saturated carbocycles. The summed E-state index contributed by atoms with van der Waals surface area (Å²) in [5.41, 5.74) is -0.0770. The van der Waals surface area contributed by atoms with Gasteiger partial charge in [0.25, 0.3) is 11.5 Å². The number of aryl methyl sites for hydroxylation is 3. The number of rotatable bonds is 4. The average molecular weight is 356 g/mol. The maximum atomic E-state index is 12.7. The van der Waals surface area contributed by atoms with Crippen molar-refractivity contribution in [3.63, 3.8) is 0 Å². The second kappa shape index (κ2) is 6.70. The van der Waals surface area contributed by atoms with Crippen molar-refractivity contribution in [3.8, 4) is 0 Å². The lowest BCUT2D eigenvalue weighted by Gasteiger charge is -2.10. The quantitative estimate of drug-likeness (QED) is 0.639. The second-order valence-electron chi connectivity index (χ2n) is 5.72. The van der Waals surface area contributed by atoms with Gasteiger partial charge in [0, 0.05) is 14.1 Å². The molecule has 2 heterocycles. The van der Waals surface area contributed by atoms with Crippen LogP contribution in [0, 0.1) is 6.92 Å². The maximum Gasteiger partial charge on any atom is 0.347 e. The Hall–Kier alpha value is -3.63. The highest BCUT2D eigenvalue weighted by Gasteiger charge is 2.20. The van der Waals surface area contributed by atoms with Crippen LogP contribution in [0.4, 0.5) is 5.95 Å². The van der Waals surface area contributed by atoms with Gasteiger partial charge in [-0.2, -0.15) is 5.10 Å². The number of amides is 1. The monoisotopic (exact) mass is 356 g/mol. The number of hydrogen-bond donors (Lipinski definition) is 1. The number of nitrogens with one attached hydrogen (secondary N) is 1. The number of nitrogens with zero attached hydrogens (tertiary/aromatic N) is 7. The van der Waals surface area contributed by atoms with E-state index in [1.807, 2.05) is 25.1 Å². The molecule has 0 saturated heterocycles. The Bertz CT molecular complexity index is 1090. The number of hydrogen-bond acceptors (Lipinski definition) is 7. The van der Waals surface area contributed by atoms with Crippen LogP contribution in [0.15, 0.2) is 33.9 Å². The average Bonchev–Trinajstić information content (AvgIpc) is 3.00. The Morgan fingerprint density at radius 2 is 1.96 bits per heavy atom. The molecule has 0 aliphatic rings. The Morgan fingerprint density at radius 1 is 1.19 bits per heavy atom. The highest BCUT2D eigenvalue weighted by atomic mass is 16.2. The fraction of sp³-hybridized carbons (Fsp3) is 0.267. The van der Waals surface area contributed by atoms with Gasteiger partial charge < -0.3 is 0 Å². The van der Waals surface area contributed by atoms with Crippen LogP contribution in [0.2, 0.25) is 0 Å². The van der Waals surface area contributed by atoms with Crippen LogP contribution in [0.25, 0.3) is 0 Å². The molecule has 0 aliphatic heterocycles. The van der Waals surface area contributed by atoms with Crippen molar-refractivity contribution in [3.05, 3.63) is 61.9 Å². The summed E-state index contributed by atoms with van der Waals surface area (Å²) in [5, 5.41) is 16.8. The van der Waals surface area contributed by atoms with Gasteiger partial charge in [-0.15, -0.1) is 0 Å². The zero-order valence-electron chi connectivity index (χ0n) is 14.4. The summed E-state index contributed by atoms with van der Waals surface area (Å²) in [5.74, 6) is -0.753. The smallest absolute Gasteiger partial charge is 0.288 e. The molecule has 0 fully saturated rings. The molecule has 11 nitrogen and oxygen atoms in total. The lowest BCUT2D eigenvalue weighted by Crippen LogP contribution is -2.44. The molecule has 0 aliphatic carbocycles. The van der Waals surface area contributed by atoms with Crippen molar-refractivity contribution in [1.82, 2.24) is 34.6 Å². The van der Waals surface area contributed by atoms with Gasteiger partial charge >= 0.3 is 5.69 Å². The lowest BCUT2D eigenvalue weighted by molar-refractivity contribution is 0.101. The van der Waals surface area contributed by atoms with Crippen molar-refractivity contribution in [2.75, 3.05) is 5.32 Å². The van der Waals surface area contributed by atoms with Gasteiger partial charge in [-0.1, -0.05) is 34.9 Å². The molecule has 3 aromatic rings. The van der Waals surface area contributed by atoms with E-state index in [1.54, 1.807) is 6.07 Å². The molecule has 0 radical (unpaired) electrons. The number of tetrazole rings is 1. The van der Waals surface area contributed by atoms with E-state index in [0.29, 0.717) is 0 Å². The second-order valence-corrected chi connectivity index (χ2v) is 5.72. The number of aromatic nitrogens is 7. The van der Waals surface area contributed by atoms with Crippen molar-refractivity contribution < 1.29 is 4.79 Å². The first-order valence-corrected chi connectivity index (χ1v) is 7.64. The fourth-order valence-electron chi connectivity index (χ4n) is 2.40. The predicted octanol–water partition coefficient (Wildman–Crippen LogP) is -0.925. The molecule has 0 bridgehead atoms. The van der Waals surface area contributed by atoms with Gasteiger partial charge in [0.15, 0.2) is 0 Å². The van der Waals surface area contributed by atoms with E-state index in [2.05, 4.69) is 25.9 Å². The topological polar surface area (TPSA) is 130 Å². The van der Waals surface area contributed by atoms with E-state index in [9.17, 15) is 14.4 Å². The molecule has 26 heavy (non-hydrogen) atoms. The molecule has 0 atom stereocenters. The van der Waals surface area contributed by atoms with Gasteiger partial charge in [-0.05, 0) is 22.9 Å². The van der Waals surface area contributed by atoms with Gasteiger partial charge in [-0.3, -0.25) is 19.5 Å². The van der Waals surface area contributed by atoms with Gasteiger partial charge in [0.1, 0.15) is 0 Å². The molecule has 3 rings (SSSR count). The zero-order valence-corrected chi connectivity index (χ0v) is 14.4. The number of benzene rings is 1. The summed E-state index contributed by atoms with van der Waals surface area (Å²) in [6.45, 7) is 1.94. The highest BCUT2D eigenvalue weighted by molar-refractivity contribution is 6.01. The van der Waals surface area contributed by atoms with Crippen LogP contribution in [0.1, 0.15) is 21.6 Å². The van der Waals surface area contributed by atoms with Crippen LogP contribution in [-0.2, 0) is 20.6 Å². The first kappa shape index (κ1) is 17.2. The molecule has 1 N–H and O–H groups in total. The number of anilines is 1. The summed E-state index contributed by atoms with van der Waals surface area (Å²) < 4.78 is 3.14. The van der Waals surface area contributed by atoms with Gasteiger partial charge in [0.05, 0.1) is 6.54 Å². The summed E-state index contributed by atoms with van der Waals surface area (Å²) in [7, 11) is 2.90. The van der Waals surface area contributed by atoms with Crippen molar-refractivity contribution in [2.24, 2.45) is 14.1 Å². The predicted molar refractivity (Wildman–Crippen MR) is 90.8 cm³/mol. The third-order valence-electron chi connectivity index (χ3n) is 3.69. The molecule has 11 heteroatoms. The molecule has 0 spiro atoms. The Morgan fingerprint density at radius 3 is 2.62 bits per heavy atom. The van der Waals surface area contributed by atoms with Crippen LogP contribution < -0.4 is 16.6 Å². The summed E-state index contributed by atoms with van der Waals surface area (Å²) in [6, 6.07) is 7.39. The fourth-order valence-corrected chi connectivity index (χ4v) is 2.40. The largest absolute Gasteiger partial charge is 0.347 e. The molecule has 2 aromatic heterocycles. The molecule has 134 valence electrons. The van der Waals surface area contributed by atoms with Crippen LogP contribution in [-0.4, -0.2) is 40.5 Å². The van der Waals surface area contributed by atoms with Crippen LogP contribution in [0.3, 0.4) is 0 Å². The van der Waals surface area contributed by atoms with E-state index >= 15 is 0 Å². The Labute approximate surface area is 146 Å². The minimum absolute atomic E-state index is 0.0293. The standard InChI is InChI=1S/C15H16N8O3/c1-9-5-4-6-10(7-9)8-23-13(25)11(18-22(3)15(23)26)12(24)16-14-17-19-20-21(14)2/h4-7H,8H2,1-3H3,(H,16,17,20,24). The van der Waals surface area contributed by atoms with Gasteiger partial charge in [-0.25, -0.2) is 14.2 Å². The van der Waals surface area contributed by atoms with Crippen molar-refractivity contribution >= 4 is 11.9 Å². The molecule has 0 unspecified atom stereocenters. The summed E-state index contributed by atoms with van der Waals surface area (Å²) >= 11 is 0. The van der Waals surface area contributed by atoms with Gasteiger partial charge in [0.2, 0.25) is 11.6 Å². The van der Waals surface area contributed by atoms with E-state index in [-0.39, 0.29) is 12.5 Å². The molecular formula is C15H16N8O3. The van der Waals surface area contributed by atoms with E-state index < -0.39 is 22.9 Å². The summed E-state index contributed by atoms with van der Waals surface area (Å²) in [4.78, 5) is 37.4. The lowest BCUT2D eigenvalue weighted by atomic mass is 10.1. The first-order valence-electron chi connectivity index (χ1n) is 7.64. The summed E-state index contributed by atoms with van der Waals surface area (Å²) in [6.07, 6.45) is 0. The van der Waals surface area contributed by atoms with E-state index in [4.69, 9.17) is 0 Å². The Kier molecular flexibility index (Phi) is 4.43. The third kappa shape index (κ3) is 3.27. The van der Waals surface area contributed by atoms with E-state index in [1.165, 1.54) is 18.8 Å². The Balaban J connectivity index is 2.01. The minimum atomic E-state index is -0.804. The molecular weight excluding hydrogens is 340 g/mol. The van der Waals surface area contributed by atoms with E-state index in [0.717, 1.165) is 20.4 Å². The zero-order chi connectivity index (χ0) is 18.8. The molecule has 1 amide bonds. The molecule has 1 aromatic carbocycles. The van der Waals surface area contributed by atoms with Crippen molar-refractivity contribution in [2.45, 2.75) is 13.5 Å². The van der Waals surface area contributed by atoms with Crippen LogP contribution in [0.5, 0.6) is 0 Å². The normalized spacial score (nSPS) is 10.7. The minimum Gasteiger partial charge on any atom is -0.288 e. The first-order chi connectivity index (χ1) is 12.4. The maximum absolute atomic E-state index is 12.7. The SMILES string of the molecule is Cc1cccc(Cn2c(=O)c(C(=O)Nc3nnnn3C)nn(C)c2=O)c1. The van der Waals surface area contributed by atoms with Crippen molar-refractivity contribution in [1.29, 1.82) is 0 Å². The number of carbonyl (C=O) groups is 1. The highest BCUT2D eigenvalue weighted by Crippen LogP contribution is 2.04. The third-order valence-corrected chi connectivity index (χ3v) is 3.69. The van der Waals surface area contributed by atoms with Crippen LogP contribution >= 0.6 is 0 Å². The number of carbonyl (C=O) groups excluding carboxylic acids is 1.